The van der Waals surface area contributed by atoms with Crippen molar-refractivity contribution >= 4 is 6.03 Å². The molecule has 4 N–H and O–H groups in total. The Labute approximate surface area is 97.3 Å². The summed E-state index contributed by atoms with van der Waals surface area (Å²) in [6, 6.07) is 0.411. The van der Waals surface area contributed by atoms with Gasteiger partial charge in [-0.05, 0) is 43.4 Å². The Bertz CT molecular complexity index is 257. The van der Waals surface area contributed by atoms with Gasteiger partial charge in [0.1, 0.15) is 0 Å². The zero-order valence-electron chi connectivity index (χ0n) is 10.0. The zero-order chi connectivity index (χ0) is 11.5. The summed E-state index contributed by atoms with van der Waals surface area (Å²) in [7, 11) is 0. The fourth-order valence-corrected chi connectivity index (χ4v) is 3.11. The molecule has 2 saturated carbocycles. The summed E-state index contributed by atoms with van der Waals surface area (Å²) >= 11 is 0. The SMILES string of the molecule is CCCNC(=O)NCC1CC2CC(N)C2C1. The van der Waals surface area contributed by atoms with Gasteiger partial charge in [-0.25, -0.2) is 4.79 Å². The largest absolute Gasteiger partial charge is 0.338 e. The average molecular weight is 225 g/mol. The maximum Gasteiger partial charge on any atom is 0.314 e. The Morgan fingerprint density at radius 3 is 2.75 bits per heavy atom. The Balaban J connectivity index is 1.62. The molecule has 0 aliphatic heterocycles. The maximum absolute atomic E-state index is 11.4. The van der Waals surface area contributed by atoms with Crippen LogP contribution in [0.25, 0.3) is 0 Å². The van der Waals surface area contributed by atoms with Gasteiger partial charge in [-0.2, -0.15) is 0 Å². The number of fused-ring (bicyclic) bond motifs is 1. The molecule has 4 unspecified atom stereocenters. The van der Waals surface area contributed by atoms with E-state index in [4.69, 9.17) is 5.73 Å². The van der Waals surface area contributed by atoms with E-state index in [1.165, 1.54) is 19.3 Å². The molecule has 0 heterocycles. The number of hydrogen-bond acceptors (Lipinski definition) is 2. The molecule has 0 saturated heterocycles. The zero-order valence-corrected chi connectivity index (χ0v) is 10.0. The molecule has 2 fully saturated rings. The van der Waals surface area contributed by atoms with Crippen molar-refractivity contribution in [2.75, 3.05) is 13.1 Å². The predicted octanol–water partition coefficient (Wildman–Crippen LogP) is 1.07. The fourth-order valence-electron chi connectivity index (χ4n) is 3.11. The number of hydrogen-bond donors (Lipinski definition) is 3. The molecule has 2 rings (SSSR count). The minimum absolute atomic E-state index is 0.0228. The molecule has 0 aromatic carbocycles. The van der Waals surface area contributed by atoms with Crippen molar-refractivity contribution in [1.29, 1.82) is 0 Å². The Morgan fingerprint density at radius 2 is 2.12 bits per heavy atom. The molecule has 92 valence electrons. The molecule has 2 aliphatic carbocycles. The molecule has 2 aliphatic rings. The van der Waals surface area contributed by atoms with E-state index in [9.17, 15) is 4.79 Å². The van der Waals surface area contributed by atoms with Gasteiger partial charge in [-0.1, -0.05) is 6.92 Å². The van der Waals surface area contributed by atoms with E-state index in [0.29, 0.717) is 12.0 Å². The highest BCUT2D eigenvalue weighted by Crippen LogP contribution is 2.48. The lowest BCUT2D eigenvalue weighted by Gasteiger charge is -2.37. The van der Waals surface area contributed by atoms with Crippen LogP contribution in [0.1, 0.15) is 32.6 Å². The second-order valence-electron chi connectivity index (χ2n) is 5.30. The topological polar surface area (TPSA) is 67.2 Å². The highest BCUT2D eigenvalue weighted by Gasteiger charge is 2.45. The van der Waals surface area contributed by atoms with Crippen LogP contribution < -0.4 is 16.4 Å². The second kappa shape index (κ2) is 5.04. The normalized spacial score (nSPS) is 36.4. The highest BCUT2D eigenvalue weighted by atomic mass is 16.2. The number of nitrogens with two attached hydrogens (primary N) is 1. The molecule has 0 aromatic rings. The van der Waals surface area contributed by atoms with E-state index in [0.717, 1.165) is 31.3 Å². The van der Waals surface area contributed by atoms with E-state index in [2.05, 4.69) is 17.6 Å². The number of nitrogens with one attached hydrogen (secondary N) is 2. The van der Waals surface area contributed by atoms with Gasteiger partial charge in [-0.15, -0.1) is 0 Å². The summed E-state index contributed by atoms with van der Waals surface area (Å²) in [6.45, 7) is 3.62. The predicted molar refractivity (Wildman–Crippen MR) is 64.0 cm³/mol. The van der Waals surface area contributed by atoms with Gasteiger partial charge in [0, 0.05) is 19.1 Å². The van der Waals surface area contributed by atoms with Crippen LogP contribution >= 0.6 is 0 Å². The number of carbonyl (C=O) groups excluding carboxylic acids is 1. The summed E-state index contributed by atoms with van der Waals surface area (Å²) in [4.78, 5) is 11.4. The lowest BCUT2D eigenvalue weighted by atomic mass is 9.72. The van der Waals surface area contributed by atoms with Crippen molar-refractivity contribution in [2.45, 2.75) is 38.6 Å². The number of rotatable bonds is 4. The Hall–Kier alpha value is -0.770. The summed E-state index contributed by atoms with van der Waals surface area (Å²) in [6.07, 6.45) is 4.64. The van der Waals surface area contributed by atoms with Gasteiger partial charge in [0.25, 0.3) is 0 Å². The summed E-state index contributed by atoms with van der Waals surface area (Å²) in [5.74, 6) is 2.24. The molecule has 0 radical (unpaired) electrons. The van der Waals surface area contributed by atoms with Crippen molar-refractivity contribution in [2.24, 2.45) is 23.5 Å². The molecule has 4 heteroatoms. The smallest absolute Gasteiger partial charge is 0.314 e. The van der Waals surface area contributed by atoms with Crippen LogP contribution in [0.15, 0.2) is 0 Å². The monoisotopic (exact) mass is 225 g/mol. The standard InChI is InChI=1S/C12H23N3O/c1-2-3-14-12(16)15-7-8-4-9-6-11(13)10(9)5-8/h8-11H,2-7,13H2,1H3,(H2,14,15,16). The van der Waals surface area contributed by atoms with Crippen molar-refractivity contribution < 1.29 is 4.79 Å². The fraction of sp³-hybridized carbons (Fsp3) is 0.917. The molecule has 0 bridgehead atoms. The minimum atomic E-state index is -0.0228. The first kappa shape index (κ1) is 11.7. The first-order valence-electron chi connectivity index (χ1n) is 6.48. The molecule has 4 nitrogen and oxygen atoms in total. The van der Waals surface area contributed by atoms with Gasteiger partial charge in [0.05, 0.1) is 0 Å². The van der Waals surface area contributed by atoms with Gasteiger partial charge in [0.2, 0.25) is 0 Å². The third kappa shape index (κ3) is 2.48. The number of amides is 2. The Kier molecular flexibility index (Phi) is 3.69. The van der Waals surface area contributed by atoms with Crippen molar-refractivity contribution in [3.8, 4) is 0 Å². The first-order chi connectivity index (χ1) is 7.70. The second-order valence-corrected chi connectivity index (χ2v) is 5.30. The highest BCUT2D eigenvalue weighted by molar-refractivity contribution is 5.73. The van der Waals surface area contributed by atoms with E-state index in [1.54, 1.807) is 0 Å². The van der Waals surface area contributed by atoms with Crippen LogP contribution in [-0.2, 0) is 0 Å². The first-order valence-corrected chi connectivity index (χ1v) is 6.48. The number of carbonyl (C=O) groups is 1. The number of urea groups is 1. The van der Waals surface area contributed by atoms with Crippen LogP contribution in [0, 0.1) is 17.8 Å². The molecule has 0 aromatic heterocycles. The van der Waals surface area contributed by atoms with E-state index in [-0.39, 0.29) is 6.03 Å². The molecular formula is C12H23N3O. The molecular weight excluding hydrogens is 202 g/mol. The quantitative estimate of drug-likeness (QED) is 0.670. The van der Waals surface area contributed by atoms with E-state index in [1.807, 2.05) is 0 Å². The van der Waals surface area contributed by atoms with Gasteiger partial charge < -0.3 is 16.4 Å². The minimum Gasteiger partial charge on any atom is -0.338 e. The maximum atomic E-state index is 11.4. The summed E-state index contributed by atoms with van der Waals surface area (Å²) in [5, 5.41) is 5.78. The van der Waals surface area contributed by atoms with Crippen LogP contribution in [0.4, 0.5) is 4.79 Å². The summed E-state index contributed by atoms with van der Waals surface area (Å²) < 4.78 is 0. The lowest BCUT2D eigenvalue weighted by Crippen LogP contribution is -2.44. The van der Waals surface area contributed by atoms with E-state index < -0.39 is 0 Å². The van der Waals surface area contributed by atoms with Crippen molar-refractivity contribution in [3.05, 3.63) is 0 Å². The lowest BCUT2D eigenvalue weighted by molar-refractivity contribution is 0.173. The van der Waals surface area contributed by atoms with Gasteiger partial charge >= 0.3 is 6.03 Å². The summed E-state index contributed by atoms with van der Waals surface area (Å²) in [5.41, 5.74) is 5.95. The van der Waals surface area contributed by atoms with Gasteiger partial charge in [-0.3, -0.25) is 0 Å². The van der Waals surface area contributed by atoms with Crippen molar-refractivity contribution in [1.82, 2.24) is 10.6 Å². The van der Waals surface area contributed by atoms with Crippen LogP contribution in [0.5, 0.6) is 0 Å². The van der Waals surface area contributed by atoms with Crippen LogP contribution in [0.2, 0.25) is 0 Å². The van der Waals surface area contributed by atoms with Gasteiger partial charge in [0.15, 0.2) is 0 Å². The van der Waals surface area contributed by atoms with Crippen LogP contribution in [-0.4, -0.2) is 25.2 Å². The molecule has 0 spiro atoms. The third-order valence-electron chi connectivity index (χ3n) is 4.06. The average Bonchev–Trinajstić information content (AvgIpc) is 2.60. The van der Waals surface area contributed by atoms with Crippen molar-refractivity contribution in [3.63, 3.8) is 0 Å². The Morgan fingerprint density at radius 1 is 1.31 bits per heavy atom. The molecule has 2 amide bonds. The van der Waals surface area contributed by atoms with Crippen LogP contribution in [0.3, 0.4) is 0 Å². The third-order valence-corrected chi connectivity index (χ3v) is 4.06. The molecule has 16 heavy (non-hydrogen) atoms. The van der Waals surface area contributed by atoms with E-state index >= 15 is 0 Å². The molecule has 4 atom stereocenters.